The number of rotatable bonds is 8. The third-order valence-electron chi connectivity index (χ3n) is 3.47. The number of hydrogen-bond acceptors (Lipinski definition) is 3. The Morgan fingerprint density at radius 3 is 2.60 bits per heavy atom. The van der Waals surface area contributed by atoms with Gasteiger partial charge in [0, 0.05) is 25.2 Å². The molecule has 1 saturated carbocycles. The van der Waals surface area contributed by atoms with E-state index in [9.17, 15) is 8.78 Å². The summed E-state index contributed by atoms with van der Waals surface area (Å²) < 4.78 is 27.7. The van der Waals surface area contributed by atoms with Gasteiger partial charge in [0.05, 0.1) is 0 Å². The van der Waals surface area contributed by atoms with Crippen molar-refractivity contribution in [3.8, 4) is 0 Å². The highest BCUT2D eigenvalue weighted by Gasteiger charge is 2.31. The highest BCUT2D eigenvalue weighted by Crippen LogP contribution is 2.33. The molecule has 0 saturated heterocycles. The molecule has 20 heavy (non-hydrogen) atoms. The van der Waals surface area contributed by atoms with Crippen LogP contribution in [0, 0.1) is 11.6 Å². The highest BCUT2D eigenvalue weighted by molar-refractivity contribution is 5.50. The second-order valence-electron chi connectivity index (χ2n) is 5.33. The average molecular weight is 283 g/mol. The van der Waals surface area contributed by atoms with E-state index >= 15 is 0 Å². The van der Waals surface area contributed by atoms with Gasteiger partial charge in [-0.25, -0.2) is 13.8 Å². The normalized spacial score (nSPS) is 14.4. The second-order valence-corrected chi connectivity index (χ2v) is 5.33. The van der Waals surface area contributed by atoms with Crippen LogP contribution in [0.5, 0.6) is 0 Å². The minimum absolute atomic E-state index is 0.158. The molecular formula is C15H23F2N3. The van der Waals surface area contributed by atoms with Crippen molar-refractivity contribution < 1.29 is 8.78 Å². The fourth-order valence-electron chi connectivity index (χ4n) is 2.20. The number of nitrogens with zero attached hydrogens (tertiary/aromatic N) is 2. The molecule has 0 amide bonds. The van der Waals surface area contributed by atoms with E-state index in [0.717, 1.165) is 44.7 Å². The second kappa shape index (κ2) is 6.86. The minimum Gasteiger partial charge on any atom is -0.368 e. The van der Waals surface area contributed by atoms with Crippen molar-refractivity contribution in [2.45, 2.75) is 52.0 Å². The first-order valence-corrected chi connectivity index (χ1v) is 7.53. The fraction of sp³-hybridized carbons (Fsp3) is 0.667. The lowest BCUT2D eigenvalue weighted by molar-refractivity contribution is 0.565. The van der Waals surface area contributed by atoms with Crippen molar-refractivity contribution in [3.63, 3.8) is 0 Å². The molecule has 5 heteroatoms. The zero-order valence-corrected chi connectivity index (χ0v) is 12.3. The predicted molar refractivity (Wildman–Crippen MR) is 78.2 cm³/mol. The van der Waals surface area contributed by atoms with Gasteiger partial charge in [0.25, 0.3) is 0 Å². The number of pyridine rings is 1. The lowest BCUT2D eigenvalue weighted by Crippen LogP contribution is -2.29. The van der Waals surface area contributed by atoms with Gasteiger partial charge in [-0.05, 0) is 25.7 Å². The maximum atomic E-state index is 14.0. The van der Waals surface area contributed by atoms with Crippen LogP contribution in [-0.4, -0.2) is 24.1 Å². The summed E-state index contributed by atoms with van der Waals surface area (Å²) in [6.07, 6.45) is 5.05. The first-order chi connectivity index (χ1) is 9.67. The van der Waals surface area contributed by atoms with Crippen LogP contribution in [0.3, 0.4) is 0 Å². The molecule has 1 heterocycles. The third-order valence-corrected chi connectivity index (χ3v) is 3.47. The molecule has 1 aromatic heterocycles. The predicted octanol–water partition coefficient (Wildman–Crippen LogP) is 3.95. The van der Waals surface area contributed by atoms with Crippen LogP contribution in [0.2, 0.25) is 0 Å². The van der Waals surface area contributed by atoms with Gasteiger partial charge in [-0.2, -0.15) is 0 Å². The van der Waals surface area contributed by atoms with Crippen LogP contribution >= 0.6 is 0 Å². The molecular weight excluding hydrogens is 260 g/mol. The Morgan fingerprint density at radius 2 is 2.00 bits per heavy atom. The van der Waals surface area contributed by atoms with Crippen molar-refractivity contribution in [2.75, 3.05) is 23.3 Å². The van der Waals surface area contributed by atoms with E-state index in [2.05, 4.69) is 17.2 Å². The van der Waals surface area contributed by atoms with E-state index in [1.807, 2.05) is 11.8 Å². The topological polar surface area (TPSA) is 28.2 Å². The molecule has 0 aromatic carbocycles. The summed E-state index contributed by atoms with van der Waals surface area (Å²) in [6.45, 7) is 5.51. The molecule has 0 radical (unpaired) electrons. The number of anilines is 2. The summed E-state index contributed by atoms with van der Waals surface area (Å²) in [6, 6.07) is 1.31. The number of hydrogen-bond donors (Lipinski definition) is 1. The molecule has 0 atom stereocenters. The maximum absolute atomic E-state index is 14.0. The Kier molecular flexibility index (Phi) is 5.15. The summed E-state index contributed by atoms with van der Waals surface area (Å²) in [4.78, 5) is 6.18. The molecule has 1 aromatic rings. The van der Waals surface area contributed by atoms with Gasteiger partial charge < -0.3 is 10.2 Å². The number of halogens is 2. The zero-order valence-electron chi connectivity index (χ0n) is 12.3. The summed E-state index contributed by atoms with van der Waals surface area (Å²) in [5.41, 5.74) is 0. The van der Waals surface area contributed by atoms with E-state index in [-0.39, 0.29) is 5.82 Å². The molecule has 0 aliphatic heterocycles. The quantitative estimate of drug-likeness (QED) is 0.783. The lowest BCUT2D eigenvalue weighted by atomic mass is 10.3. The van der Waals surface area contributed by atoms with Gasteiger partial charge in [0.1, 0.15) is 0 Å². The molecule has 0 unspecified atom stereocenters. The standard InChI is InChI=1S/C15H23F2N3/c1-3-5-9-20(11-6-7-11)15-13(17)10-12(16)14(19-15)18-8-4-2/h10-11H,3-9H2,1-2H3,(H,18,19). The van der Waals surface area contributed by atoms with E-state index < -0.39 is 11.6 Å². The highest BCUT2D eigenvalue weighted by atomic mass is 19.1. The molecule has 1 aliphatic carbocycles. The van der Waals surface area contributed by atoms with Gasteiger partial charge in [0.15, 0.2) is 23.3 Å². The van der Waals surface area contributed by atoms with Gasteiger partial charge in [-0.1, -0.05) is 20.3 Å². The Balaban J connectivity index is 2.23. The van der Waals surface area contributed by atoms with Crippen molar-refractivity contribution in [1.29, 1.82) is 0 Å². The Morgan fingerprint density at radius 1 is 1.25 bits per heavy atom. The number of nitrogens with one attached hydrogen (secondary N) is 1. The molecule has 3 nitrogen and oxygen atoms in total. The van der Waals surface area contributed by atoms with Crippen LogP contribution in [-0.2, 0) is 0 Å². The number of unbranched alkanes of at least 4 members (excludes halogenated alkanes) is 1. The molecule has 2 rings (SSSR count). The third kappa shape index (κ3) is 3.58. The van der Waals surface area contributed by atoms with E-state index in [1.54, 1.807) is 0 Å². The van der Waals surface area contributed by atoms with Crippen LogP contribution in [0.25, 0.3) is 0 Å². The first-order valence-electron chi connectivity index (χ1n) is 7.53. The fourth-order valence-corrected chi connectivity index (χ4v) is 2.20. The smallest absolute Gasteiger partial charge is 0.168 e. The van der Waals surface area contributed by atoms with Crippen molar-refractivity contribution in [1.82, 2.24) is 4.98 Å². The molecule has 1 N–H and O–H groups in total. The monoisotopic (exact) mass is 283 g/mol. The number of aromatic nitrogens is 1. The van der Waals surface area contributed by atoms with Gasteiger partial charge in [0.2, 0.25) is 0 Å². The van der Waals surface area contributed by atoms with Crippen molar-refractivity contribution in [3.05, 3.63) is 17.7 Å². The average Bonchev–Trinajstić information content (AvgIpc) is 3.24. The van der Waals surface area contributed by atoms with Gasteiger partial charge in [-0.3, -0.25) is 0 Å². The molecule has 1 fully saturated rings. The molecule has 1 aliphatic rings. The van der Waals surface area contributed by atoms with E-state index in [4.69, 9.17) is 0 Å². The lowest BCUT2D eigenvalue weighted by Gasteiger charge is -2.24. The van der Waals surface area contributed by atoms with Crippen molar-refractivity contribution >= 4 is 11.6 Å². The summed E-state index contributed by atoms with van der Waals surface area (Å²) in [7, 11) is 0. The summed E-state index contributed by atoms with van der Waals surface area (Å²) in [5, 5.41) is 2.92. The largest absolute Gasteiger partial charge is 0.368 e. The molecule has 112 valence electrons. The van der Waals surface area contributed by atoms with Crippen LogP contribution < -0.4 is 10.2 Å². The van der Waals surface area contributed by atoms with Crippen molar-refractivity contribution in [2.24, 2.45) is 0 Å². The zero-order chi connectivity index (χ0) is 14.5. The van der Waals surface area contributed by atoms with E-state index in [0.29, 0.717) is 18.4 Å². The summed E-state index contributed by atoms with van der Waals surface area (Å²) in [5.74, 6) is -0.732. The Hall–Kier alpha value is -1.39. The van der Waals surface area contributed by atoms with Gasteiger partial charge >= 0.3 is 0 Å². The maximum Gasteiger partial charge on any atom is 0.168 e. The molecule has 0 spiro atoms. The Labute approximate surface area is 119 Å². The summed E-state index contributed by atoms with van der Waals surface area (Å²) >= 11 is 0. The first kappa shape index (κ1) is 15.0. The molecule has 0 bridgehead atoms. The van der Waals surface area contributed by atoms with Crippen LogP contribution in [0.15, 0.2) is 6.07 Å². The Bertz CT molecular complexity index is 447. The minimum atomic E-state index is -0.620. The van der Waals surface area contributed by atoms with Crippen LogP contribution in [0.1, 0.15) is 46.0 Å². The SMILES string of the molecule is CCCCN(c1nc(NCCC)c(F)cc1F)C1CC1. The van der Waals surface area contributed by atoms with Gasteiger partial charge in [-0.15, -0.1) is 0 Å². The van der Waals surface area contributed by atoms with E-state index in [1.165, 1.54) is 0 Å². The van der Waals surface area contributed by atoms with Crippen LogP contribution in [0.4, 0.5) is 20.4 Å².